The zero-order valence-electron chi connectivity index (χ0n) is 16.8. The first-order valence-electron chi connectivity index (χ1n) is 9.01. The minimum atomic E-state index is -0.843. The highest BCUT2D eigenvalue weighted by Gasteiger charge is 2.38. The van der Waals surface area contributed by atoms with E-state index in [1.54, 1.807) is 12.1 Å². The van der Waals surface area contributed by atoms with E-state index < -0.39 is 17.1 Å². The van der Waals surface area contributed by atoms with Gasteiger partial charge in [-0.1, -0.05) is 19.9 Å². The number of ether oxygens (including phenoxy) is 3. The lowest BCUT2D eigenvalue weighted by Gasteiger charge is -2.30. The van der Waals surface area contributed by atoms with Crippen LogP contribution in [0.2, 0.25) is 0 Å². The van der Waals surface area contributed by atoms with Crippen molar-refractivity contribution in [1.29, 1.82) is 0 Å². The second kappa shape index (κ2) is 7.24. The second-order valence-electron chi connectivity index (χ2n) is 7.42. The van der Waals surface area contributed by atoms with Gasteiger partial charge in [0.1, 0.15) is 29.4 Å². The molecule has 0 aliphatic carbocycles. The van der Waals surface area contributed by atoms with E-state index in [0.29, 0.717) is 11.1 Å². The molecule has 7 nitrogen and oxygen atoms in total. The number of rotatable bonds is 5. The number of carbonyl (C=O) groups excluding carboxylic acids is 1. The Bertz CT molecular complexity index is 991. The lowest BCUT2D eigenvalue weighted by atomic mass is 9.80. The van der Waals surface area contributed by atoms with Crippen LogP contribution in [0.5, 0.6) is 34.5 Å². The van der Waals surface area contributed by atoms with Gasteiger partial charge in [-0.2, -0.15) is 0 Å². The van der Waals surface area contributed by atoms with Crippen LogP contribution in [0.1, 0.15) is 41.3 Å². The summed E-state index contributed by atoms with van der Waals surface area (Å²) >= 11 is 0. The van der Waals surface area contributed by atoms with Crippen LogP contribution in [0.4, 0.5) is 0 Å². The lowest BCUT2D eigenvalue weighted by molar-refractivity contribution is 0.0889. The Hall–Kier alpha value is -3.35. The lowest BCUT2D eigenvalue weighted by Crippen LogP contribution is -2.27. The van der Waals surface area contributed by atoms with Crippen molar-refractivity contribution in [3.63, 3.8) is 0 Å². The molecule has 0 amide bonds. The van der Waals surface area contributed by atoms with Crippen LogP contribution < -0.4 is 14.2 Å². The van der Waals surface area contributed by atoms with Crippen LogP contribution in [-0.2, 0) is 5.41 Å². The number of ketones is 1. The number of allylic oxidation sites excluding steroid dienone is 1. The number of phenols is 3. The van der Waals surface area contributed by atoms with E-state index >= 15 is 0 Å². The van der Waals surface area contributed by atoms with Crippen molar-refractivity contribution < 1.29 is 34.3 Å². The van der Waals surface area contributed by atoms with Gasteiger partial charge >= 0.3 is 0 Å². The molecular formula is C22H24O7. The molecule has 1 aliphatic rings. The average molecular weight is 400 g/mol. The molecule has 1 heterocycles. The van der Waals surface area contributed by atoms with Crippen molar-refractivity contribution in [2.75, 3.05) is 20.8 Å². The van der Waals surface area contributed by atoms with Gasteiger partial charge in [-0.25, -0.2) is 0 Å². The average Bonchev–Trinajstić information content (AvgIpc) is 2.67. The largest absolute Gasteiger partial charge is 0.508 e. The maximum atomic E-state index is 13.2. The molecule has 0 saturated carbocycles. The van der Waals surface area contributed by atoms with Gasteiger partial charge < -0.3 is 29.5 Å². The topological polar surface area (TPSA) is 105 Å². The maximum absolute atomic E-state index is 13.2. The second-order valence-corrected chi connectivity index (χ2v) is 7.42. The van der Waals surface area contributed by atoms with Crippen LogP contribution in [0, 0.1) is 0 Å². The molecule has 29 heavy (non-hydrogen) atoms. The SMILES string of the molecule is C=CC(C)(C)c1cc([C@@H]2COc3cc(O)cc(O)c3C2=O)c(OC)c(O)c1OC. The van der Waals surface area contributed by atoms with Gasteiger partial charge in [0.25, 0.3) is 0 Å². The molecule has 7 heteroatoms. The summed E-state index contributed by atoms with van der Waals surface area (Å²) in [5.74, 6) is -1.64. The first-order chi connectivity index (χ1) is 13.7. The maximum Gasteiger partial charge on any atom is 0.201 e. The smallest absolute Gasteiger partial charge is 0.201 e. The quantitative estimate of drug-likeness (QED) is 0.658. The normalized spacial score (nSPS) is 16.0. The zero-order valence-corrected chi connectivity index (χ0v) is 16.8. The summed E-state index contributed by atoms with van der Waals surface area (Å²) in [6.07, 6.45) is 1.71. The third-order valence-corrected chi connectivity index (χ3v) is 5.26. The predicted molar refractivity (Wildman–Crippen MR) is 107 cm³/mol. The molecule has 2 aromatic rings. The van der Waals surface area contributed by atoms with Crippen molar-refractivity contribution in [2.45, 2.75) is 25.2 Å². The molecule has 0 aromatic heterocycles. The van der Waals surface area contributed by atoms with Crippen molar-refractivity contribution in [3.8, 4) is 34.5 Å². The Morgan fingerprint density at radius 3 is 2.38 bits per heavy atom. The van der Waals surface area contributed by atoms with E-state index in [4.69, 9.17) is 14.2 Å². The van der Waals surface area contributed by atoms with Crippen LogP contribution in [0.25, 0.3) is 0 Å². The number of aromatic hydroxyl groups is 3. The van der Waals surface area contributed by atoms with Gasteiger partial charge in [0, 0.05) is 28.7 Å². The van der Waals surface area contributed by atoms with Crippen LogP contribution >= 0.6 is 0 Å². The third-order valence-electron chi connectivity index (χ3n) is 5.26. The van der Waals surface area contributed by atoms with E-state index in [-0.39, 0.29) is 46.7 Å². The fourth-order valence-electron chi connectivity index (χ4n) is 3.52. The van der Waals surface area contributed by atoms with Gasteiger partial charge in [-0.3, -0.25) is 4.79 Å². The van der Waals surface area contributed by atoms with Gasteiger partial charge in [0.05, 0.1) is 20.1 Å². The standard InChI is InChI=1S/C22H24O7/c1-6-22(2,3)14-9-12(20(27-4)19(26)21(14)28-5)13-10-29-16-8-11(23)7-15(24)17(16)18(13)25/h6-9,13,23-24,26H,1,10H2,2-5H3/t13-/m0/s1. The summed E-state index contributed by atoms with van der Waals surface area (Å²) in [7, 11) is 2.82. The summed E-state index contributed by atoms with van der Waals surface area (Å²) in [6.45, 7) is 7.59. The molecule has 0 radical (unpaired) electrons. The monoisotopic (exact) mass is 400 g/mol. The van der Waals surface area contributed by atoms with E-state index in [9.17, 15) is 20.1 Å². The molecule has 0 unspecified atom stereocenters. The molecule has 3 rings (SSSR count). The Balaban J connectivity index is 2.23. The third kappa shape index (κ3) is 3.22. The number of hydrogen-bond acceptors (Lipinski definition) is 7. The van der Waals surface area contributed by atoms with E-state index in [1.165, 1.54) is 20.3 Å². The summed E-state index contributed by atoms with van der Waals surface area (Å²) in [5, 5.41) is 30.6. The number of benzene rings is 2. The van der Waals surface area contributed by atoms with Crippen LogP contribution in [0.3, 0.4) is 0 Å². The minimum Gasteiger partial charge on any atom is -0.508 e. The van der Waals surface area contributed by atoms with Gasteiger partial charge in [0.2, 0.25) is 5.75 Å². The molecule has 0 bridgehead atoms. The van der Waals surface area contributed by atoms with E-state index in [1.807, 2.05) is 13.8 Å². The highest BCUT2D eigenvalue weighted by atomic mass is 16.5. The molecule has 3 N–H and O–H groups in total. The first-order valence-corrected chi connectivity index (χ1v) is 9.01. The summed E-state index contributed by atoms with van der Waals surface area (Å²) < 4.78 is 16.4. The number of phenolic OH excluding ortho intramolecular Hbond substituents is 3. The molecule has 154 valence electrons. The predicted octanol–water partition coefficient (Wildman–Crippen LogP) is 3.64. The highest BCUT2D eigenvalue weighted by molar-refractivity contribution is 6.07. The fraction of sp³-hybridized carbons (Fsp3) is 0.318. The molecule has 0 fully saturated rings. The van der Waals surface area contributed by atoms with E-state index in [2.05, 4.69) is 6.58 Å². The van der Waals surface area contributed by atoms with Gasteiger partial charge in [-0.15, -0.1) is 6.58 Å². The molecule has 0 saturated heterocycles. The molecular weight excluding hydrogens is 376 g/mol. The molecule has 1 atom stereocenters. The zero-order chi connectivity index (χ0) is 21.5. The molecule has 0 spiro atoms. The number of fused-ring (bicyclic) bond motifs is 1. The number of carbonyl (C=O) groups is 1. The first kappa shape index (κ1) is 20.4. The van der Waals surface area contributed by atoms with Crippen molar-refractivity contribution >= 4 is 5.78 Å². The van der Waals surface area contributed by atoms with Gasteiger partial charge in [0.15, 0.2) is 17.3 Å². The van der Waals surface area contributed by atoms with Crippen LogP contribution in [-0.4, -0.2) is 41.9 Å². The van der Waals surface area contributed by atoms with Crippen molar-refractivity contribution in [1.82, 2.24) is 0 Å². The summed E-state index contributed by atoms with van der Waals surface area (Å²) in [4.78, 5) is 13.2. The fourth-order valence-corrected chi connectivity index (χ4v) is 3.52. The number of Topliss-reactive ketones (excluding diaryl/α,β-unsaturated/α-hetero) is 1. The van der Waals surface area contributed by atoms with E-state index in [0.717, 1.165) is 6.07 Å². The van der Waals surface area contributed by atoms with Gasteiger partial charge in [-0.05, 0) is 6.07 Å². The number of methoxy groups -OCH3 is 2. The van der Waals surface area contributed by atoms with Crippen molar-refractivity contribution in [3.05, 3.63) is 47.5 Å². The Morgan fingerprint density at radius 2 is 1.79 bits per heavy atom. The summed E-state index contributed by atoms with van der Waals surface area (Å²) in [6, 6.07) is 4.09. The Morgan fingerprint density at radius 1 is 1.14 bits per heavy atom. The number of hydrogen-bond donors (Lipinski definition) is 3. The molecule has 2 aromatic carbocycles. The van der Waals surface area contributed by atoms with Crippen molar-refractivity contribution in [2.24, 2.45) is 0 Å². The minimum absolute atomic E-state index is 0.0269. The molecule has 1 aliphatic heterocycles. The summed E-state index contributed by atoms with van der Waals surface area (Å²) in [5.41, 5.74) is 0.422. The highest BCUT2D eigenvalue weighted by Crippen LogP contribution is 2.50. The Labute approximate surface area is 168 Å². The Kier molecular flexibility index (Phi) is 5.09. The van der Waals surface area contributed by atoms with Crippen LogP contribution in [0.15, 0.2) is 30.9 Å².